The lowest BCUT2D eigenvalue weighted by molar-refractivity contribution is 0.670. The number of thiophene rings is 1. The minimum atomic E-state index is 0.908. The molecule has 0 amide bonds. The number of fused-ring (bicyclic) bond motifs is 7. The first-order chi connectivity index (χ1) is 27.2. The van der Waals surface area contributed by atoms with Crippen LogP contribution in [0.4, 0.5) is 17.1 Å². The van der Waals surface area contributed by atoms with Crippen molar-refractivity contribution in [1.29, 1.82) is 0 Å². The molecule has 2 nitrogen and oxygen atoms in total. The van der Waals surface area contributed by atoms with E-state index < -0.39 is 0 Å². The van der Waals surface area contributed by atoms with Gasteiger partial charge in [-0.15, -0.1) is 11.3 Å². The average Bonchev–Trinajstić information content (AvgIpc) is 3.83. The third kappa shape index (κ3) is 5.40. The number of anilines is 3. The number of furan rings is 1. The second kappa shape index (κ2) is 12.9. The summed E-state index contributed by atoms with van der Waals surface area (Å²) in [4.78, 5) is 2.38. The first-order valence-corrected chi connectivity index (χ1v) is 19.5. The fourth-order valence-corrected chi connectivity index (χ4v) is 9.43. The fourth-order valence-electron chi connectivity index (χ4n) is 8.19. The molecule has 0 aliphatic carbocycles. The van der Waals surface area contributed by atoms with Crippen LogP contribution in [0.5, 0.6) is 0 Å². The van der Waals surface area contributed by atoms with E-state index in [1.54, 1.807) is 0 Å². The molecule has 0 unspecified atom stereocenters. The van der Waals surface area contributed by atoms with Gasteiger partial charge in [0, 0.05) is 53.6 Å². The molecule has 0 saturated heterocycles. The molecule has 55 heavy (non-hydrogen) atoms. The van der Waals surface area contributed by atoms with E-state index in [1.807, 2.05) is 23.5 Å². The Hall–Kier alpha value is -6.94. The summed E-state index contributed by atoms with van der Waals surface area (Å²) in [5.74, 6) is 0. The van der Waals surface area contributed by atoms with Gasteiger partial charge >= 0.3 is 0 Å². The van der Waals surface area contributed by atoms with Crippen LogP contribution in [0.15, 0.2) is 205 Å². The van der Waals surface area contributed by atoms with E-state index in [0.717, 1.165) is 50.1 Å². The Morgan fingerprint density at radius 3 is 1.84 bits per heavy atom. The Kier molecular flexibility index (Phi) is 7.39. The highest BCUT2D eigenvalue weighted by atomic mass is 32.1. The average molecular weight is 720 g/mol. The van der Waals surface area contributed by atoms with Crippen LogP contribution in [-0.4, -0.2) is 0 Å². The number of para-hydroxylation sites is 2. The van der Waals surface area contributed by atoms with Crippen molar-refractivity contribution in [2.45, 2.75) is 0 Å². The Balaban J connectivity index is 1.06. The molecule has 11 rings (SSSR count). The number of hydrogen-bond donors (Lipinski definition) is 0. The van der Waals surface area contributed by atoms with Gasteiger partial charge in [0.2, 0.25) is 0 Å². The van der Waals surface area contributed by atoms with Gasteiger partial charge in [0.25, 0.3) is 0 Å². The van der Waals surface area contributed by atoms with Gasteiger partial charge in [-0.1, -0.05) is 146 Å². The summed E-state index contributed by atoms with van der Waals surface area (Å²) in [6.45, 7) is 0. The second-order valence-corrected chi connectivity index (χ2v) is 15.2. The molecule has 0 fully saturated rings. The Morgan fingerprint density at radius 1 is 0.364 bits per heavy atom. The molecule has 258 valence electrons. The lowest BCUT2D eigenvalue weighted by Crippen LogP contribution is -2.10. The van der Waals surface area contributed by atoms with Crippen molar-refractivity contribution in [2.75, 3.05) is 4.90 Å². The van der Waals surface area contributed by atoms with Crippen LogP contribution in [0, 0.1) is 0 Å². The smallest absolute Gasteiger partial charge is 0.143 e. The van der Waals surface area contributed by atoms with Crippen molar-refractivity contribution in [2.24, 2.45) is 0 Å². The van der Waals surface area contributed by atoms with Crippen molar-refractivity contribution in [3.8, 4) is 33.4 Å². The summed E-state index contributed by atoms with van der Waals surface area (Å²) in [5.41, 5.74) is 12.1. The van der Waals surface area contributed by atoms with Crippen molar-refractivity contribution in [3.05, 3.63) is 200 Å². The van der Waals surface area contributed by atoms with Crippen molar-refractivity contribution >= 4 is 81.3 Å². The van der Waals surface area contributed by atoms with Crippen LogP contribution in [0.2, 0.25) is 0 Å². The maximum atomic E-state index is 6.43. The molecule has 9 aromatic carbocycles. The summed E-state index contributed by atoms with van der Waals surface area (Å²) in [7, 11) is 0. The Bertz CT molecular complexity index is 3220. The molecular formula is C52H33NOS. The molecule has 11 aromatic rings. The van der Waals surface area contributed by atoms with Crippen LogP contribution < -0.4 is 4.90 Å². The summed E-state index contributed by atoms with van der Waals surface area (Å²) in [6.07, 6.45) is 0. The number of rotatable bonds is 6. The number of nitrogens with zero attached hydrogens (tertiary/aromatic N) is 1. The second-order valence-electron chi connectivity index (χ2n) is 14.1. The SMILES string of the molecule is c1cc(-c2ccc3ccccc3c2)cc(N(c2ccc(-c3cccc4c3oc3ccccc34)cc2)c2cccc(-c3cccc4c3sc3ccccc34)c2)c1. The van der Waals surface area contributed by atoms with Gasteiger partial charge in [-0.25, -0.2) is 0 Å². The van der Waals surface area contributed by atoms with Crippen LogP contribution in [0.3, 0.4) is 0 Å². The molecular weight excluding hydrogens is 687 g/mol. The molecule has 0 bridgehead atoms. The predicted octanol–water partition coefficient (Wildman–Crippen LogP) is 15.6. The van der Waals surface area contributed by atoms with E-state index in [1.165, 1.54) is 53.2 Å². The molecule has 0 atom stereocenters. The number of hydrogen-bond acceptors (Lipinski definition) is 3. The van der Waals surface area contributed by atoms with Crippen LogP contribution in [0.25, 0.3) is 86.3 Å². The lowest BCUT2D eigenvalue weighted by Gasteiger charge is -2.27. The highest BCUT2D eigenvalue weighted by Crippen LogP contribution is 2.44. The van der Waals surface area contributed by atoms with Crippen molar-refractivity contribution < 1.29 is 4.42 Å². The molecule has 3 heteroatoms. The fraction of sp³-hybridized carbons (Fsp3) is 0. The quantitative estimate of drug-likeness (QED) is 0.170. The topological polar surface area (TPSA) is 16.4 Å². The predicted molar refractivity (Wildman–Crippen MR) is 235 cm³/mol. The lowest BCUT2D eigenvalue weighted by atomic mass is 9.99. The van der Waals surface area contributed by atoms with Crippen molar-refractivity contribution in [1.82, 2.24) is 0 Å². The zero-order valence-electron chi connectivity index (χ0n) is 29.8. The van der Waals surface area contributed by atoms with E-state index >= 15 is 0 Å². The van der Waals surface area contributed by atoms with Crippen LogP contribution in [-0.2, 0) is 0 Å². The molecule has 0 spiro atoms. The van der Waals surface area contributed by atoms with E-state index in [4.69, 9.17) is 4.42 Å². The zero-order chi connectivity index (χ0) is 36.3. The third-order valence-electron chi connectivity index (χ3n) is 10.8. The standard InChI is InChI=1S/C52H33NOS/c1-2-12-36-31-38(26-25-34(36)11-1)37-13-7-15-41(32-37)53(40-29-27-35(28-30-40)43-19-9-21-47-45-17-3-5-23-49(45)54-51(43)47)42-16-8-14-39(33-42)44-20-10-22-48-46-18-4-6-24-50(46)55-52(44)48/h1-33H. The Labute approximate surface area is 322 Å². The van der Waals surface area contributed by atoms with Crippen LogP contribution >= 0.6 is 11.3 Å². The van der Waals surface area contributed by atoms with Gasteiger partial charge in [0.05, 0.1) is 0 Å². The number of benzene rings is 9. The normalized spacial score (nSPS) is 11.6. The molecule has 0 saturated carbocycles. The Morgan fingerprint density at radius 2 is 0.982 bits per heavy atom. The highest BCUT2D eigenvalue weighted by molar-refractivity contribution is 7.26. The molecule has 2 heterocycles. The minimum Gasteiger partial charge on any atom is -0.455 e. The zero-order valence-corrected chi connectivity index (χ0v) is 30.6. The monoisotopic (exact) mass is 719 g/mol. The largest absolute Gasteiger partial charge is 0.455 e. The van der Waals surface area contributed by atoms with Gasteiger partial charge in [-0.05, 0) is 93.2 Å². The minimum absolute atomic E-state index is 0.908. The van der Waals surface area contributed by atoms with Crippen LogP contribution in [0.1, 0.15) is 0 Å². The molecule has 0 aliphatic heterocycles. The maximum absolute atomic E-state index is 6.43. The van der Waals surface area contributed by atoms with E-state index in [2.05, 4.69) is 193 Å². The van der Waals surface area contributed by atoms with Gasteiger partial charge in [-0.2, -0.15) is 0 Å². The summed E-state index contributed by atoms with van der Waals surface area (Å²) < 4.78 is 9.06. The van der Waals surface area contributed by atoms with Gasteiger partial charge in [-0.3, -0.25) is 0 Å². The molecule has 2 aromatic heterocycles. The highest BCUT2D eigenvalue weighted by Gasteiger charge is 2.18. The first-order valence-electron chi connectivity index (χ1n) is 18.7. The van der Waals surface area contributed by atoms with E-state index in [9.17, 15) is 0 Å². The first kappa shape index (κ1) is 31.6. The summed E-state index contributed by atoms with van der Waals surface area (Å²) in [5, 5.41) is 7.37. The van der Waals surface area contributed by atoms with Gasteiger partial charge < -0.3 is 9.32 Å². The van der Waals surface area contributed by atoms with Gasteiger partial charge in [0.15, 0.2) is 0 Å². The molecule has 0 radical (unpaired) electrons. The maximum Gasteiger partial charge on any atom is 0.143 e. The summed E-state index contributed by atoms with van der Waals surface area (Å²) in [6, 6.07) is 72.2. The third-order valence-corrected chi connectivity index (χ3v) is 12.1. The van der Waals surface area contributed by atoms with Crippen molar-refractivity contribution in [3.63, 3.8) is 0 Å². The van der Waals surface area contributed by atoms with Gasteiger partial charge in [0.1, 0.15) is 11.2 Å². The molecule has 0 N–H and O–H groups in total. The van der Waals surface area contributed by atoms with E-state index in [0.29, 0.717) is 0 Å². The molecule has 0 aliphatic rings. The summed E-state index contributed by atoms with van der Waals surface area (Å²) >= 11 is 1.87. The van der Waals surface area contributed by atoms with E-state index in [-0.39, 0.29) is 0 Å².